The topological polar surface area (TPSA) is 95.6 Å². The van der Waals surface area contributed by atoms with Crippen molar-refractivity contribution in [2.45, 2.75) is 46.2 Å². The van der Waals surface area contributed by atoms with Gasteiger partial charge in [0.05, 0.1) is 0 Å². The molecule has 0 saturated carbocycles. The molecule has 0 aromatic heterocycles. The van der Waals surface area contributed by atoms with E-state index in [1.807, 2.05) is 39.8 Å². The summed E-state index contributed by atoms with van der Waals surface area (Å²) in [6.07, 6.45) is 0. The van der Waals surface area contributed by atoms with E-state index in [1.54, 1.807) is 19.1 Å². The van der Waals surface area contributed by atoms with Crippen molar-refractivity contribution >= 4 is 39.9 Å². The molecule has 9 heteroatoms. The maximum atomic E-state index is 13.1. The van der Waals surface area contributed by atoms with Crippen LogP contribution in [0.5, 0.6) is 0 Å². The van der Waals surface area contributed by atoms with Crippen molar-refractivity contribution in [1.82, 2.24) is 5.32 Å². The Labute approximate surface area is 196 Å². The predicted molar refractivity (Wildman–Crippen MR) is 129 cm³/mol. The summed E-state index contributed by atoms with van der Waals surface area (Å²) in [4.78, 5) is 39.4. The Morgan fingerprint density at radius 3 is 2.12 bits per heavy atom. The summed E-state index contributed by atoms with van der Waals surface area (Å²) < 4.78 is 25.6. The van der Waals surface area contributed by atoms with Gasteiger partial charge in [0.2, 0.25) is 17.7 Å². The van der Waals surface area contributed by atoms with Crippen LogP contribution in [0.25, 0.3) is 0 Å². The molecule has 33 heavy (non-hydrogen) atoms. The number of amides is 3. The van der Waals surface area contributed by atoms with Crippen LogP contribution in [0.3, 0.4) is 0 Å². The molecular weight excluding hydrogens is 445 g/mol. The lowest BCUT2D eigenvalue weighted by atomic mass is 10.1. The number of carbonyl (C=O) groups excluding carboxylic acids is 3. The number of aryl methyl sites for hydroxylation is 1. The smallest absolute Gasteiger partial charge is 0.243 e. The molecule has 0 aliphatic heterocycles. The van der Waals surface area contributed by atoms with E-state index >= 15 is 0 Å². The lowest BCUT2D eigenvalue weighted by Gasteiger charge is -2.31. The molecule has 2 aromatic carbocycles. The minimum absolute atomic E-state index is 0.351. The average Bonchev–Trinajstić information content (AvgIpc) is 2.69. The first-order valence-corrected chi connectivity index (χ1v) is 12.0. The number of hydrogen-bond donors (Lipinski definition) is 2. The zero-order chi connectivity index (χ0) is 24.8. The molecule has 0 saturated heterocycles. The summed E-state index contributed by atoms with van der Waals surface area (Å²) in [5.74, 6) is -2.73. The van der Waals surface area contributed by atoms with Crippen molar-refractivity contribution in [3.63, 3.8) is 0 Å². The monoisotopic (exact) mass is 475 g/mol. The quantitative estimate of drug-likeness (QED) is 0.613. The van der Waals surface area contributed by atoms with Gasteiger partial charge in [0.1, 0.15) is 23.4 Å². The van der Waals surface area contributed by atoms with Crippen LogP contribution in [0.15, 0.2) is 48.5 Å². The van der Waals surface area contributed by atoms with Gasteiger partial charge in [0.25, 0.3) is 0 Å². The van der Waals surface area contributed by atoms with E-state index in [4.69, 9.17) is 0 Å². The van der Waals surface area contributed by atoms with Crippen molar-refractivity contribution < 1.29 is 23.0 Å². The number of hydrogen-bond acceptors (Lipinski definition) is 4. The van der Waals surface area contributed by atoms with Crippen molar-refractivity contribution in [2.75, 3.05) is 21.7 Å². The first-order chi connectivity index (χ1) is 15.4. The molecule has 2 aromatic rings. The fraction of sp³-hybridized carbons (Fsp3) is 0.375. The second-order valence-corrected chi connectivity index (χ2v) is 10.3. The molecule has 0 unspecified atom stereocenters. The number of carbonyl (C=O) groups is 3. The van der Waals surface area contributed by atoms with Gasteiger partial charge in [-0.2, -0.15) is 0 Å². The van der Waals surface area contributed by atoms with Gasteiger partial charge >= 0.3 is 0 Å². The standard InChI is InChI=1S/C24H30FN3O4S/c1-16-6-12-20(13-7-16)28(17(2)23(31)27-24(3,4)5)22(30)15-33(32)14-21(29)26-19-10-8-18(25)9-11-19/h6-13,17H,14-15H2,1-5H3,(H,26,29)(H,27,31)/t17-,33+/m0/s1. The highest BCUT2D eigenvalue weighted by Gasteiger charge is 2.30. The van der Waals surface area contributed by atoms with E-state index < -0.39 is 51.5 Å². The van der Waals surface area contributed by atoms with Gasteiger partial charge in [0.15, 0.2) is 0 Å². The molecule has 0 radical (unpaired) electrons. The Kier molecular flexibility index (Phi) is 8.87. The van der Waals surface area contributed by atoms with Crippen molar-refractivity contribution in [3.8, 4) is 0 Å². The molecular formula is C24H30FN3O4S. The zero-order valence-corrected chi connectivity index (χ0v) is 20.3. The molecule has 3 amide bonds. The molecule has 178 valence electrons. The van der Waals surface area contributed by atoms with Gasteiger partial charge in [-0.15, -0.1) is 0 Å². The van der Waals surface area contributed by atoms with E-state index in [-0.39, 0.29) is 5.91 Å². The van der Waals surface area contributed by atoms with E-state index in [2.05, 4.69) is 10.6 Å². The second kappa shape index (κ2) is 11.2. The second-order valence-electron chi connectivity index (χ2n) is 8.80. The van der Waals surface area contributed by atoms with Gasteiger partial charge in [-0.1, -0.05) is 17.7 Å². The van der Waals surface area contributed by atoms with Gasteiger partial charge < -0.3 is 10.6 Å². The predicted octanol–water partition coefficient (Wildman–Crippen LogP) is 3.16. The van der Waals surface area contributed by atoms with Gasteiger partial charge in [0, 0.05) is 27.7 Å². The number of nitrogens with zero attached hydrogens (tertiary/aromatic N) is 1. The molecule has 2 atom stereocenters. The highest BCUT2D eigenvalue weighted by molar-refractivity contribution is 7.86. The van der Waals surface area contributed by atoms with Crippen LogP contribution in [0, 0.1) is 12.7 Å². The van der Waals surface area contributed by atoms with E-state index in [0.29, 0.717) is 11.4 Å². The number of rotatable bonds is 8. The van der Waals surface area contributed by atoms with Crippen LogP contribution >= 0.6 is 0 Å². The Morgan fingerprint density at radius 2 is 1.58 bits per heavy atom. The Hall–Kier alpha value is -3.07. The number of nitrogens with one attached hydrogen (secondary N) is 2. The first-order valence-electron chi connectivity index (χ1n) is 10.5. The SMILES string of the molecule is Cc1ccc(N(C(=O)C[S@](=O)CC(=O)Nc2ccc(F)cc2)[C@@H](C)C(=O)NC(C)(C)C)cc1. The third kappa shape index (κ3) is 8.42. The Bertz CT molecular complexity index is 1020. The zero-order valence-electron chi connectivity index (χ0n) is 19.5. The fourth-order valence-electron chi connectivity index (χ4n) is 3.02. The van der Waals surface area contributed by atoms with Crippen molar-refractivity contribution in [2.24, 2.45) is 0 Å². The summed E-state index contributed by atoms with van der Waals surface area (Å²) in [5.41, 5.74) is 1.35. The number of halogens is 1. The average molecular weight is 476 g/mol. The van der Waals surface area contributed by atoms with Crippen molar-refractivity contribution in [3.05, 3.63) is 59.9 Å². The lowest BCUT2D eigenvalue weighted by molar-refractivity contribution is -0.126. The van der Waals surface area contributed by atoms with Crippen LogP contribution in [-0.4, -0.2) is 45.0 Å². The molecule has 0 spiro atoms. The highest BCUT2D eigenvalue weighted by atomic mass is 32.2. The van der Waals surface area contributed by atoms with Gasteiger partial charge in [-0.3, -0.25) is 23.5 Å². The maximum absolute atomic E-state index is 13.1. The molecule has 0 aliphatic carbocycles. The maximum Gasteiger partial charge on any atom is 0.243 e. The van der Waals surface area contributed by atoms with Crippen molar-refractivity contribution in [1.29, 1.82) is 0 Å². The molecule has 2 rings (SSSR count). The molecule has 7 nitrogen and oxygen atoms in total. The van der Waals surface area contributed by atoms with Gasteiger partial charge in [-0.05, 0) is 71.0 Å². The molecule has 0 bridgehead atoms. The molecule has 2 N–H and O–H groups in total. The first kappa shape index (κ1) is 26.2. The lowest BCUT2D eigenvalue weighted by Crippen LogP contribution is -2.53. The summed E-state index contributed by atoms with van der Waals surface area (Å²) in [5, 5.41) is 5.37. The minimum atomic E-state index is -1.81. The number of benzene rings is 2. The third-order valence-corrected chi connectivity index (χ3v) is 5.70. The summed E-state index contributed by atoms with van der Waals surface area (Å²) >= 11 is 0. The molecule has 0 heterocycles. The van der Waals surface area contributed by atoms with E-state index in [0.717, 1.165) is 5.56 Å². The normalized spacial score (nSPS) is 13.0. The van der Waals surface area contributed by atoms with Crippen LogP contribution in [0.4, 0.5) is 15.8 Å². The molecule has 0 fully saturated rings. The summed E-state index contributed by atoms with van der Waals surface area (Å²) in [6, 6.07) is 11.4. The van der Waals surface area contributed by atoms with Crippen LogP contribution in [0.1, 0.15) is 33.3 Å². The van der Waals surface area contributed by atoms with Crippen LogP contribution in [-0.2, 0) is 25.2 Å². The Morgan fingerprint density at radius 1 is 1.00 bits per heavy atom. The fourth-order valence-corrected chi connectivity index (χ4v) is 3.90. The molecule has 0 aliphatic rings. The van der Waals surface area contributed by atoms with Gasteiger partial charge in [-0.25, -0.2) is 4.39 Å². The largest absolute Gasteiger partial charge is 0.350 e. The Balaban J connectivity index is 2.12. The van der Waals surface area contributed by atoms with E-state index in [1.165, 1.54) is 29.2 Å². The highest BCUT2D eigenvalue weighted by Crippen LogP contribution is 2.19. The minimum Gasteiger partial charge on any atom is -0.350 e. The summed E-state index contributed by atoms with van der Waals surface area (Å²) in [6.45, 7) is 9.02. The van der Waals surface area contributed by atoms with Crippen LogP contribution in [0.2, 0.25) is 0 Å². The summed E-state index contributed by atoms with van der Waals surface area (Å²) in [7, 11) is -1.81. The van der Waals surface area contributed by atoms with Crippen LogP contribution < -0.4 is 15.5 Å². The van der Waals surface area contributed by atoms with E-state index in [9.17, 15) is 23.0 Å². The number of anilines is 2. The third-order valence-electron chi connectivity index (χ3n) is 4.55.